The Morgan fingerprint density at radius 2 is 2.00 bits per heavy atom. The third kappa shape index (κ3) is 4.76. The number of rotatable bonds is 5. The second-order valence-corrected chi connectivity index (χ2v) is 5.33. The van der Waals surface area contributed by atoms with Crippen molar-refractivity contribution in [1.82, 2.24) is 4.90 Å². The predicted octanol–water partition coefficient (Wildman–Crippen LogP) is 3.06. The maximum absolute atomic E-state index is 12.6. The van der Waals surface area contributed by atoms with E-state index in [2.05, 4.69) is 0 Å². The molecule has 0 bridgehead atoms. The quantitative estimate of drug-likeness (QED) is 0.847. The molecule has 0 saturated carbocycles. The van der Waals surface area contributed by atoms with E-state index in [1.807, 2.05) is 19.0 Å². The fourth-order valence-corrected chi connectivity index (χ4v) is 2.44. The maximum atomic E-state index is 12.6. The first-order chi connectivity index (χ1) is 8.71. The molecule has 0 spiro atoms. The molecule has 0 aliphatic rings. The van der Waals surface area contributed by atoms with Crippen molar-refractivity contribution in [3.63, 3.8) is 0 Å². The Kier molecular flexibility index (Phi) is 5.25. The number of carboxylic acid groups (broad SMARTS) is 1. The van der Waals surface area contributed by atoms with Crippen LogP contribution in [0.15, 0.2) is 23.1 Å². The summed E-state index contributed by atoms with van der Waals surface area (Å²) < 4.78 is 37.9. The minimum absolute atomic E-state index is 0.521. The van der Waals surface area contributed by atoms with Crippen molar-refractivity contribution >= 4 is 17.7 Å². The van der Waals surface area contributed by atoms with Crippen molar-refractivity contribution in [2.75, 3.05) is 26.4 Å². The Morgan fingerprint density at radius 1 is 1.37 bits per heavy atom. The zero-order chi connectivity index (χ0) is 14.6. The first-order valence-corrected chi connectivity index (χ1v) is 6.42. The Bertz CT molecular complexity index is 461. The van der Waals surface area contributed by atoms with E-state index >= 15 is 0 Å². The van der Waals surface area contributed by atoms with E-state index in [-0.39, 0.29) is 0 Å². The van der Waals surface area contributed by atoms with Crippen molar-refractivity contribution in [3.8, 4) is 0 Å². The minimum atomic E-state index is -4.65. The van der Waals surface area contributed by atoms with Crippen LogP contribution in [-0.2, 0) is 6.18 Å². The van der Waals surface area contributed by atoms with Crippen molar-refractivity contribution in [2.45, 2.75) is 11.1 Å². The summed E-state index contributed by atoms with van der Waals surface area (Å²) in [7, 11) is 3.77. The summed E-state index contributed by atoms with van der Waals surface area (Å²) in [5.74, 6) is -0.889. The van der Waals surface area contributed by atoms with Gasteiger partial charge in [0.15, 0.2) is 0 Å². The highest BCUT2D eigenvalue weighted by molar-refractivity contribution is 7.99. The molecule has 0 amide bonds. The SMILES string of the molecule is CN(C)CCSc1ccc(C(F)(F)F)c(C(=O)O)c1. The number of carboxylic acids is 1. The van der Waals surface area contributed by atoms with Gasteiger partial charge in [-0.1, -0.05) is 0 Å². The molecule has 0 aliphatic heterocycles. The molecule has 0 heterocycles. The van der Waals surface area contributed by atoms with Crippen molar-refractivity contribution in [3.05, 3.63) is 29.3 Å². The largest absolute Gasteiger partial charge is 0.478 e. The Labute approximate surface area is 113 Å². The molecule has 0 aliphatic carbocycles. The van der Waals surface area contributed by atoms with E-state index in [0.717, 1.165) is 18.7 Å². The second-order valence-electron chi connectivity index (χ2n) is 4.16. The van der Waals surface area contributed by atoms with Crippen LogP contribution in [0.2, 0.25) is 0 Å². The van der Waals surface area contributed by atoms with Gasteiger partial charge in [0.1, 0.15) is 0 Å². The Hall–Kier alpha value is -1.21. The smallest absolute Gasteiger partial charge is 0.417 e. The van der Waals surface area contributed by atoms with Gasteiger partial charge in [-0.25, -0.2) is 4.79 Å². The van der Waals surface area contributed by atoms with Gasteiger partial charge in [-0.15, -0.1) is 11.8 Å². The van der Waals surface area contributed by atoms with Crippen LogP contribution >= 0.6 is 11.8 Å². The highest BCUT2D eigenvalue weighted by Crippen LogP contribution is 2.34. The summed E-state index contributed by atoms with van der Waals surface area (Å²) in [6.07, 6.45) is -4.65. The number of aromatic carboxylic acids is 1. The molecule has 19 heavy (non-hydrogen) atoms. The zero-order valence-corrected chi connectivity index (χ0v) is 11.3. The number of benzene rings is 1. The lowest BCUT2D eigenvalue weighted by molar-refractivity contribution is -0.138. The molecule has 1 aromatic carbocycles. The molecule has 0 unspecified atom stereocenters. The molecular formula is C12H14F3NO2S. The van der Waals surface area contributed by atoms with Gasteiger partial charge >= 0.3 is 12.1 Å². The van der Waals surface area contributed by atoms with Crippen molar-refractivity contribution < 1.29 is 23.1 Å². The lowest BCUT2D eigenvalue weighted by atomic mass is 10.1. The predicted molar refractivity (Wildman–Crippen MR) is 67.7 cm³/mol. The van der Waals surface area contributed by atoms with Gasteiger partial charge in [-0.3, -0.25) is 0 Å². The lowest BCUT2D eigenvalue weighted by Crippen LogP contribution is -2.15. The number of alkyl halides is 3. The first kappa shape index (κ1) is 15.8. The summed E-state index contributed by atoms with van der Waals surface area (Å²) in [6.45, 7) is 0.758. The third-order valence-electron chi connectivity index (χ3n) is 2.33. The molecule has 0 aromatic heterocycles. The normalized spacial score (nSPS) is 11.9. The van der Waals surface area contributed by atoms with E-state index in [0.29, 0.717) is 10.6 Å². The highest BCUT2D eigenvalue weighted by Gasteiger charge is 2.35. The Balaban J connectivity index is 2.94. The van der Waals surface area contributed by atoms with E-state index in [1.165, 1.54) is 17.8 Å². The van der Waals surface area contributed by atoms with E-state index < -0.39 is 23.3 Å². The molecule has 7 heteroatoms. The third-order valence-corrected chi connectivity index (χ3v) is 3.31. The maximum Gasteiger partial charge on any atom is 0.417 e. The number of hydrogen-bond acceptors (Lipinski definition) is 3. The van der Waals surface area contributed by atoms with Crippen LogP contribution in [0.4, 0.5) is 13.2 Å². The summed E-state index contributed by atoms with van der Waals surface area (Å²) in [6, 6.07) is 3.20. The van der Waals surface area contributed by atoms with Crippen LogP contribution in [0.1, 0.15) is 15.9 Å². The molecule has 1 aromatic rings. The van der Waals surface area contributed by atoms with Crippen LogP contribution in [0.3, 0.4) is 0 Å². The number of halogens is 3. The fourth-order valence-electron chi connectivity index (χ4n) is 1.38. The number of hydrogen-bond donors (Lipinski definition) is 1. The minimum Gasteiger partial charge on any atom is -0.478 e. The zero-order valence-electron chi connectivity index (χ0n) is 10.5. The number of thioether (sulfide) groups is 1. The first-order valence-electron chi connectivity index (χ1n) is 5.44. The molecule has 3 nitrogen and oxygen atoms in total. The topological polar surface area (TPSA) is 40.5 Å². The van der Waals surface area contributed by atoms with Crippen LogP contribution in [0.25, 0.3) is 0 Å². The summed E-state index contributed by atoms with van der Waals surface area (Å²) in [4.78, 5) is 13.3. The summed E-state index contributed by atoms with van der Waals surface area (Å²) >= 11 is 1.33. The van der Waals surface area contributed by atoms with E-state index in [9.17, 15) is 18.0 Å². The molecule has 0 fully saturated rings. The molecular weight excluding hydrogens is 279 g/mol. The molecule has 0 atom stereocenters. The molecule has 0 radical (unpaired) electrons. The average molecular weight is 293 g/mol. The number of carbonyl (C=O) groups is 1. The van der Waals surface area contributed by atoms with Gasteiger partial charge in [0, 0.05) is 17.2 Å². The summed E-state index contributed by atoms with van der Waals surface area (Å²) in [5.41, 5.74) is -1.82. The molecule has 1 N–H and O–H groups in total. The Morgan fingerprint density at radius 3 is 2.47 bits per heavy atom. The van der Waals surface area contributed by atoms with Gasteiger partial charge in [0.05, 0.1) is 11.1 Å². The van der Waals surface area contributed by atoms with Crippen LogP contribution in [-0.4, -0.2) is 42.4 Å². The molecule has 1 rings (SSSR count). The standard InChI is InChI=1S/C12H14F3NO2S/c1-16(2)5-6-19-8-3-4-10(12(13,14)15)9(7-8)11(17)18/h3-4,7H,5-6H2,1-2H3,(H,17,18). The van der Waals surface area contributed by atoms with Gasteiger partial charge in [-0.2, -0.15) is 13.2 Å². The van der Waals surface area contributed by atoms with Crippen LogP contribution < -0.4 is 0 Å². The average Bonchev–Trinajstić information content (AvgIpc) is 2.26. The fraction of sp³-hybridized carbons (Fsp3) is 0.417. The van der Waals surface area contributed by atoms with Crippen molar-refractivity contribution in [2.24, 2.45) is 0 Å². The van der Waals surface area contributed by atoms with Crippen molar-refractivity contribution in [1.29, 1.82) is 0 Å². The lowest BCUT2D eigenvalue weighted by Gasteiger charge is -2.12. The van der Waals surface area contributed by atoms with E-state index in [4.69, 9.17) is 5.11 Å². The van der Waals surface area contributed by atoms with Gasteiger partial charge in [0.2, 0.25) is 0 Å². The second kappa shape index (κ2) is 6.29. The highest BCUT2D eigenvalue weighted by atomic mass is 32.2. The van der Waals surface area contributed by atoms with Gasteiger partial charge in [0.25, 0.3) is 0 Å². The van der Waals surface area contributed by atoms with Gasteiger partial charge < -0.3 is 10.0 Å². The van der Waals surface area contributed by atoms with Gasteiger partial charge in [-0.05, 0) is 32.3 Å². The number of nitrogens with zero attached hydrogens (tertiary/aromatic N) is 1. The summed E-state index contributed by atoms with van der Waals surface area (Å²) in [5, 5.41) is 8.85. The monoisotopic (exact) mass is 293 g/mol. The molecule has 106 valence electrons. The van der Waals surface area contributed by atoms with Crippen LogP contribution in [0.5, 0.6) is 0 Å². The molecule has 0 saturated heterocycles. The van der Waals surface area contributed by atoms with E-state index in [1.54, 1.807) is 0 Å². The van der Waals surface area contributed by atoms with Crippen LogP contribution in [0, 0.1) is 0 Å².